The maximum Gasteiger partial charge on any atom is 0.239 e. The van der Waals surface area contributed by atoms with Crippen molar-refractivity contribution in [1.29, 1.82) is 0 Å². The molecule has 0 fully saturated rings. The van der Waals surface area contributed by atoms with Crippen LogP contribution in [0, 0.1) is 0 Å². The second-order valence-corrected chi connectivity index (χ2v) is 4.40. The van der Waals surface area contributed by atoms with Crippen molar-refractivity contribution < 1.29 is 9.53 Å². The molecule has 0 radical (unpaired) electrons. The standard InChI is InChI=1S/C14H18N4O2.ClH/c1-20-10-13(15)14(19)16-9-11-3-5-12(6-4-11)18-8-2-7-17-18;/h2-8,13H,9-10,15H2,1H3,(H,16,19);1H. The van der Waals surface area contributed by atoms with E-state index in [0.717, 1.165) is 11.3 Å². The van der Waals surface area contributed by atoms with Crippen molar-refractivity contribution in [3.63, 3.8) is 0 Å². The molecule has 0 saturated heterocycles. The van der Waals surface area contributed by atoms with Crippen molar-refractivity contribution >= 4 is 18.3 Å². The van der Waals surface area contributed by atoms with Gasteiger partial charge in [0.1, 0.15) is 6.04 Å². The fourth-order valence-corrected chi connectivity index (χ4v) is 1.76. The number of hydrogen-bond acceptors (Lipinski definition) is 4. The van der Waals surface area contributed by atoms with Gasteiger partial charge in [-0.05, 0) is 23.8 Å². The molecule has 1 aromatic heterocycles. The lowest BCUT2D eigenvalue weighted by Gasteiger charge is -2.11. The normalized spacial score (nSPS) is 11.5. The van der Waals surface area contributed by atoms with Gasteiger partial charge in [-0.1, -0.05) is 12.1 Å². The number of ether oxygens (including phenoxy) is 1. The van der Waals surface area contributed by atoms with E-state index in [1.54, 1.807) is 10.9 Å². The first kappa shape index (κ1) is 17.2. The van der Waals surface area contributed by atoms with Crippen molar-refractivity contribution in [3.05, 3.63) is 48.3 Å². The fourth-order valence-electron chi connectivity index (χ4n) is 1.76. The molecule has 0 aliphatic rings. The van der Waals surface area contributed by atoms with Crippen LogP contribution in [-0.4, -0.2) is 35.4 Å². The molecule has 6 nitrogen and oxygen atoms in total. The average Bonchev–Trinajstić information content (AvgIpc) is 2.99. The Kier molecular flexibility index (Phi) is 6.87. The summed E-state index contributed by atoms with van der Waals surface area (Å²) < 4.78 is 6.61. The molecule has 0 spiro atoms. The summed E-state index contributed by atoms with van der Waals surface area (Å²) >= 11 is 0. The quantitative estimate of drug-likeness (QED) is 0.830. The Hall–Kier alpha value is -1.89. The van der Waals surface area contributed by atoms with Gasteiger partial charge in [-0.2, -0.15) is 5.10 Å². The Balaban J connectivity index is 0.00000220. The van der Waals surface area contributed by atoms with Crippen LogP contribution in [0.1, 0.15) is 5.56 Å². The van der Waals surface area contributed by atoms with E-state index in [2.05, 4.69) is 10.4 Å². The molecule has 0 aliphatic heterocycles. The Morgan fingerprint density at radius 2 is 2.14 bits per heavy atom. The largest absolute Gasteiger partial charge is 0.383 e. The maximum atomic E-state index is 11.6. The zero-order valence-electron chi connectivity index (χ0n) is 11.7. The van der Waals surface area contributed by atoms with Crippen LogP contribution in [0.25, 0.3) is 5.69 Å². The molecule has 1 unspecified atom stereocenters. The molecule has 1 atom stereocenters. The van der Waals surface area contributed by atoms with Crippen LogP contribution in [0.2, 0.25) is 0 Å². The zero-order valence-corrected chi connectivity index (χ0v) is 12.5. The summed E-state index contributed by atoms with van der Waals surface area (Å²) in [5.74, 6) is -0.219. The Morgan fingerprint density at radius 3 is 2.71 bits per heavy atom. The molecule has 1 aromatic carbocycles. The molecule has 0 aliphatic carbocycles. The van der Waals surface area contributed by atoms with Gasteiger partial charge in [-0.15, -0.1) is 12.4 Å². The van der Waals surface area contributed by atoms with Crippen LogP contribution in [0.15, 0.2) is 42.7 Å². The second-order valence-electron chi connectivity index (χ2n) is 4.40. The number of amides is 1. The van der Waals surface area contributed by atoms with Gasteiger partial charge in [0.2, 0.25) is 5.91 Å². The highest BCUT2D eigenvalue weighted by Gasteiger charge is 2.12. The molecule has 3 N–H and O–H groups in total. The lowest BCUT2D eigenvalue weighted by Crippen LogP contribution is -2.43. The Bertz CT molecular complexity index is 543. The number of methoxy groups -OCH3 is 1. The first-order chi connectivity index (χ1) is 9.70. The number of aromatic nitrogens is 2. The zero-order chi connectivity index (χ0) is 14.4. The molecule has 7 heteroatoms. The highest BCUT2D eigenvalue weighted by Crippen LogP contribution is 2.08. The highest BCUT2D eigenvalue weighted by molar-refractivity contribution is 5.85. The van der Waals surface area contributed by atoms with Crippen LogP contribution in [0.3, 0.4) is 0 Å². The van der Waals surface area contributed by atoms with Crippen molar-refractivity contribution in [2.45, 2.75) is 12.6 Å². The number of carbonyl (C=O) groups excluding carboxylic acids is 1. The van der Waals surface area contributed by atoms with Crippen molar-refractivity contribution in [3.8, 4) is 5.69 Å². The third kappa shape index (κ3) is 4.86. The lowest BCUT2D eigenvalue weighted by molar-refractivity contribution is -0.123. The summed E-state index contributed by atoms with van der Waals surface area (Å²) in [7, 11) is 1.52. The monoisotopic (exact) mass is 310 g/mol. The number of nitrogens with zero attached hydrogens (tertiary/aromatic N) is 2. The molecule has 2 aromatic rings. The molecule has 1 amide bonds. The van der Waals surface area contributed by atoms with Crippen molar-refractivity contribution in [2.24, 2.45) is 5.73 Å². The van der Waals surface area contributed by atoms with E-state index < -0.39 is 6.04 Å². The van der Waals surface area contributed by atoms with Crippen molar-refractivity contribution in [2.75, 3.05) is 13.7 Å². The molecule has 114 valence electrons. The van der Waals surface area contributed by atoms with E-state index in [4.69, 9.17) is 10.5 Å². The highest BCUT2D eigenvalue weighted by atomic mass is 35.5. The number of nitrogens with two attached hydrogens (primary N) is 1. The number of halogens is 1. The van der Waals surface area contributed by atoms with Gasteiger partial charge < -0.3 is 15.8 Å². The summed E-state index contributed by atoms with van der Waals surface area (Å²) in [4.78, 5) is 11.6. The van der Waals surface area contributed by atoms with Gasteiger partial charge in [-0.25, -0.2) is 4.68 Å². The fraction of sp³-hybridized carbons (Fsp3) is 0.286. The minimum Gasteiger partial charge on any atom is -0.383 e. The summed E-state index contributed by atoms with van der Waals surface area (Å²) in [6, 6.07) is 9.01. The predicted octanol–water partition coefficient (Wildman–Crippen LogP) is 0.884. The topological polar surface area (TPSA) is 82.2 Å². The molecule has 0 bridgehead atoms. The SMILES string of the molecule is COCC(N)C(=O)NCc1ccc(-n2cccn2)cc1.Cl. The van der Waals surface area contributed by atoms with Crippen LogP contribution >= 0.6 is 12.4 Å². The minimum atomic E-state index is -0.636. The van der Waals surface area contributed by atoms with Crippen LogP contribution in [0.4, 0.5) is 0 Å². The summed E-state index contributed by atoms with van der Waals surface area (Å²) in [6.45, 7) is 0.652. The van der Waals surface area contributed by atoms with Crippen LogP contribution < -0.4 is 11.1 Å². The lowest BCUT2D eigenvalue weighted by atomic mass is 10.2. The van der Waals surface area contributed by atoms with E-state index >= 15 is 0 Å². The van der Waals surface area contributed by atoms with E-state index in [1.807, 2.05) is 36.5 Å². The van der Waals surface area contributed by atoms with E-state index in [9.17, 15) is 4.79 Å². The maximum absolute atomic E-state index is 11.6. The molecular formula is C14H19ClN4O2. The smallest absolute Gasteiger partial charge is 0.239 e. The number of nitrogens with one attached hydrogen (secondary N) is 1. The molecular weight excluding hydrogens is 292 g/mol. The van der Waals surface area contributed by atoms with Crippen LogP contribution in [0.5, 0.6) is 0 Å². The average molecular weight is 311 g/mol. The van der Waals surface area contributed by atoms with Gasteiger partial charge >= 0.3 is 0 Å². The van der Waals surface area contributed by atoms with Gasteiger partial charge in [0.15, 0.2) is 0 Å². The van der Waals surface area contributed by atoms with E-state index in [-0.39, 0.29) is 24.9 Å². The molecule has 2 rings (SSSR count). The summed E-state index contributed by atoms with van der Waals surface area (Å²) in [6.07, 6.45) is 3.60. The van der Waals surface area contributed by atoms with Gasteiger partial charge in [-0.3, -0.25) is 4.79 Å². The second kappa shape index (κ2) is 8.41. The first-order valence-electron chi connectivity index (χ1n) is 6.32. The third-order valence-corrected chi connectivity index (χ3v) is 2.86. The Morgan fingerprint density at radius 1 is 1.43 bits per heavy atom. The number of rotatable bonds is 6. The summed E-state index contributed by atoms with van der Waals surface area (Å²) in [5, 5.41) is 6.92. The Labute approximate surface area is 129 Å². The number of benzene rings is 1. The predicted molar refractivity (Wildman–Crippen MR) is 82.5 cm³/mol. The molecule has 1 heterocycles. The summed E-state index contributed by atoms with van der Waals surface area (Å²) in [5.41, 5.74) is 7.60. The number of hydrogen-bond donors (Lipinski definition) is 2. The van der Waals surface area contributed by atoms with E-state index in [0.29, 0.717) is 6.54 Å². The minimum absolute atomic E-state index is 0. The third-order valence-electron chi connectivity index (χ3n) is 2.86. The van der Waals surface area contributed by atoms with Gasteiger partial charge in [0, 0.05) is 26.0 Å². The van der Waals surface area contributed by atoms with E-state index in [1.165, 1.54) is 7.11 Å². The number of carbonyl (C=O) groups is 1. The van der Waals surface area contributed by atoms with Gasteiger partial charge in [0.25, 0.3) is 0 Å². The van der Waals surface area contributed by atoms with Crippen LogP contribution in [-0.2, 0) is 16.1 Å². The van der Waals surface area contributed by atoms with Gasteiger partial charge in [0.05, 0.1) is 12.3 Å². The molecule has 0 saturated carbocycles. The first-order valence-corrected chi connectivity index (χ1v) is 6.32. The van der Waals surface area contributed by atoms with Crippen molar-refractivity contribution in [1.82, 2.24) is 15.1 Å². The molecule has 21 heavy (non-hydrogen) atoms.